The minimum atomic E-state index is -1.02. The molecule has 4 heteroatoms. The highest BCUT2D eigenvalue weighted by molar-refractivity contribution is 5.85. The highest BCUT2D eigenvalue weighted by Crippen LogP contribution is 2.46. The zero-order valence-electron chi connectivity index (χ0n) is 11.2. The van der Waals surface area contributed by atoms with Crippen LogP contribution in [0.2, 0.25) is 0 Å². The first-order valence-electron chi connectivity index (χ1n) is 6.86. The molecule has 104 valence electrons. The smallest absolute Gasteiger partial charge is 0.354 e. The van der Waals surface area contributed by atoms with Crippen LogP contribution in [0.5, 0.6) is 5.75 Å². The fourth-order valence-corrected chi connectivity index (χ4v) is 3.11. The predicted octanol–water partition coefficient (Wildman–Crippen LogP) is 3.03. The summed E-state index contributed by atoms with van der Waals surface area (Å²) in [5.74, 6) is -0.153. The van der Waals surface area contributed by atoms with Crippen molar-refractivity contribution in [3.8, 4) is 5.75 Å². The summed E-state index contributed by atoms with van der Waals surface area (Å²) < 4.78 is 6.19. The number of carboxylic acids is 1. The Morgan fingerprint density at radius 2 is 2.10 bits per heavy atom. The second-order valence-corrected chi connectivity index (χ2v) is 5.43. The number of carboxylic acid groups (broad SMARTS) is 1. The molecule has 2 aromatic rings. The van der Waals surface area contributed by atoms with E-state index in [0.29, 0.717) is 6.42 Å². The number of aromatic nitrogens is 1. The molecule has 0 amide bonds. The van der Waals surface area contributed by atoms with E-state index in [1.165, 1.54) is 6.07 Å². The summed E-state index contributed by atoms with van der Waals surface area (Å²) in [6, 6.07) is 11.3. The van der Waals surface area contributed by atoms with Gasteiger partial charge < -0.3 is 9.84 Å². The van der Waals surface area contributed by atoms with Gasteiger partial charge >= 0.3 is 5.97 Å². The van der Waals surface area contributed by atoms with E-state index in [-0.39, 0.29) is 5.69 Å². The van der Waals surface area contributed by atoms with Gasteiger partial charge in [0.25, 0.3) is 0 Å². The third kappa shape index (κ3) is 1.76. The van der Waals surface area contributed by atoms with E-state index < -0.39 is 11.6 Å². The molecule has 2 aliphatic rings. The zero-order valence-corrected chi connectivity index (χ0v) is 11.2. The zero-order chi connectivity index (χ0) is 14.4. The highest BCUT2D eigenvalue weighted by atomic mass is 16.5. The summed E-state index contributed by atoms with van der Waals surface area (Å²) in [5.41, 5.74) is 2.28. The number of benzene rings is 1. The fraction of sp³-hybridized carbons (Fsp3) is 0.176. The monoisotopic (exact) mass is 279 g/mol. The first-order chi connectivity index (χ1) is 10.2. The van der Waals surface area contributed by atoms with Crippen LogP contribution in [0.3, 0.4) is 0 Å². The number of ether oxygens (including phenoxy) is 1. The van der Waals surface area contributed by atoms with Crippen molar-refractivity contribution < 1.29 is 14.6 Å². The molecule has 1 aromatic heterocycles. The van der Waals surface area contributed by atoms with Gasteiger partial charge in [-0.2, -0.15) is 0 Å². The third-order valence-electron chi connectivity index (χ3n) is 4.08. The van der Waals surface area contributed by atoms with Crippen molar-refractivity contribution in [3.63, 3.8) is 0 Å². The van der Waals surface area contributed by atoms with Gasteiger partial charge in [0.2, 0.25) is 0 Å². The summed E-state index contributed by atoms with van der Waals surface area (Å²) >= 11 is 0. The number of para-hydroxylation sites is 1. The van der Waals surface area contributed by atoms with E-state index in [2.05, 4.69) is 11.1 Å². The quantitative estimate of drug-likeness (QED) is 0.871. The largest absolute Gasteiger partial charge is 0.480 e. The fourth-order valence-electron chi connectivity index (χ4n) is 3.11. The Morgan fingerprint density at radius 1 is 1.24 bits per heavy atom. The van der Waals surface area contributed by atoms with Gasteiger partial charge in [-0.15, -0.1) is 0 Å². The summed E-state index contributed by atoms with van der Waals surface area (Å²) in [6.07, 6.45) is 5.46. The normalized spacial score (nSPS) is 21.7. The number of nitrogens with zero attached hydrogens (tertiary/aromatic N) is 1. The lowest BCUT2D eigenvalue weighted by Gasteiger charge is -2.31. The molecule has 4 rings (SSSR count). The van der Waals surface area contributed by atoms with E-state index in [1.54, 1.807) is 6.07 Å². The molecule has 0 bridgehead atoms. The molecule has 0 radical (unpaired) electrons. The first-order valence-corrected chi connectivity index (χ1v) is 6.86. The minimum Gasteiger partial charge on any atom is -0.480 e. The number of fused-ring (bicyclic) bond motifs is 3. The molecule has 1 unspecified atom stereocenters. The van der Waals surface area contributed by atoms with E-state index in [1.807, 2.05) is 30.3 Å². The van der Waals surface area contributed by atoms with E-state index in [9.17, 15) is 4.79 Å². The second kappa shape index (κ2) is 4.19. The molecule has 0 fully saturated rings. The molecule has 1 spiro atoms. The van der Waals surface area contributed by atoms with Crippen molar-refractivity contribution in [3.05, 3.63) is 65.0 Å². The number of hydrogen-bond acceptors (Lipinski definition) is 3. The van der Waals surface area contributed by atoms with Crippen molar-refractivity contribution in [2.24, 2.45) is 0 Å². The van der Waals surface area contributed by atoms with Crippen molar-refractivity contribution in [1.82, 2.24) is 4.98 Å². The number of rotatable bonds is 1. The molecule has 4 nitrogen and oxygen atoms in total. The van der Waals surface area contributed by atoms with Gasteiger partial charge in [0, 0.05) is 12.8 Å². The molecule has 21 heavy (non-hydrogen) atoms. The van der Waals surface area contributed by atoms with Crippen LogP contribution < -0.4 is 4.74 Å². The van der Waals surface area contributed by atoms with Crippen LogP contribution in [0.1, 0.15) is 33.7 Å². The lowest BCUT2D eigenvalue weighted by Crippen LogP contribution is -2.34. The van der Waals surface area contributed by atoms with Gasteiger partial charge in [0.1, 0.15) is 11.4 Å². The molecular formula is C17H13NO3. The van der Waals surface area contributed by atoms with Crippen LogP contribution in [-0.2, 0) is 12.0 Å². The Balaban J connectivity index is 1.86. The number of pyridine rings is 1. The summed E-state index contributed by atoms with van der Waals surface area (Å²) in [5, 5.41) is 9.17. The average Bonchev–Trinajstić information content (AvgIpc) is 2.86. The second-order valence-electron chi connectivity index (χ2n) is 5.43. The lowest BCUT2D eigenvalue weighted by atomic mass is 9.83. The predicted molar refractivity (Wildman–Crippen MR) is 77.3 cm³/mol. The minimum absolute atomic E-state index is 0.0583. The highest BCUT2D eigenvalue weighted by Gasteiger charge is 2.44. The molecule has 2 heterocycles. The van der Waals surface area contributed by atoms with Crippen LogP contribution in [0.15, 0.2) is 42.5 Å². The number of hydrogen-bond donors (Lipinski definition) is 1. The molecule has 1 N–H and O–H groups in total. The van der Waals surface area contributed by atoms with Crippen LogP contribution in [-0.4, -0.2) is 16.1 Å². The molecule has 0 saturated heterocycles. The van der Waals surface area contributed by atoms with Gasteiger partial charge in [-0.05, 0) is 23.3 Å². The van der Waals surface area contributed by atoms with Crippen molar-refractivity contribution in [2.45, 2.75) is 18.4 Å². The van der Waals surface area contributed by atoms with Crippen molar-refractivity contribution in [1.29, 1.82) is 0 Å². The van der Waals surface area contributed by atoms with E-state index in [4.69, 9.17) is 9.84 Å². The average molecular weight is 279 g/mol. The topological polar surface area (TPSA) is 59.4 Å². The Labute approximate surface area is 121 Å². The maximum absolute atomic E-state index is 11.2. The first kappa shape index (κ1) is 12.1. The number of carbonyl (C=O) groups is 1. The molecular weight excluding hydrogens is 266 g/mol. The van der Waals surface area contributed by atoms with Gasteiger partial charge in [0.05, 0.1) is 5.69 Å². The van der Waals surface area contributed by atoms with Crippen molar-refractivity contribution in [2.75, 3.05) is 0 Å². The maximum atomic E-state index is 11.2. The summed E-state index contributed by atoms with van der Waals surface area (Å²) in [6.45, 7) is 0. The Hall–Kier alpha value is -2.62. The standard InChI is InChI=1S/C17H13NO3/c19-16(20)13-8-7-11-5-3-9-17(15(11)18-13)10-12-4-1-2-6-14(12)21-17/h1-8H,9-10H2,(H,19,20). The lowest BCUT2D eigenvalue weighted by molar-refractivity contribution is 0.0683. The molecule has 1 atom stereocenters. The number of aromatic carboxylic acids is 1. The molecule has 0 saturated carbocycles. The molecule has 1 aromatic carbocycles. The van der Waals surface area contributed by atoms with Crippen LogP contribution in [0.25, 0.3) is 6.08 Å². The van der Waals surface area contributed by atoms with Gasteiger partial charge in [0.15, 0.2) is 5.60 Å². The Morgan fingerprint density at radius 3 is 2.90 bits per heavy atom. The summed E-state index contributed by atoms with van der Waals surface area (Å²) in [4.78, 5) is 15.5. The van der Waals surface area contributed by atoms with E-state index >= 15 is 0 Å². The van der Waals surface area contributed by atoms with Crippen molar-refractivity contribution >= 4 is 12.0 Å². The van der Waals surface area contributed by atoms with Crippen LogP contribution in [0, 0.1) is 0 Å². The molecule has 1 aliphatic carbocycles. The third-order valence-corrected chi connectivity index (χ3v) is 4.08. The van der Waals surface area contributed by atoms with Gasteiger partial charge in [-0.3, -0.25) is 0 Å². The van der Waals surface area contributed by atoms with Crippen LogP contribution in [0.4, 0.5) is 0 Å². The van der Waals surface area contributed by atoms with Gasteiger partial charge in [-0.25, -0.2) is 9.78 Å². The summed E-state index contributed by atoms with van der Waals surface area (Å²) in [7, 11) is 0. The maximum Gasteiger partial charge on any atom is 0.354 e. The van der Waals surface area contributed by atoms with Crippen LogP contribution >= 0.6 is 0 Å². The Bertz CT molecular complexity index is 754. The van der Waals surface area contributed by atoms with E-state index in [0.717, 1.165) is 29.0 Å². The molecule has 1 aliphatic heterocycles. The SMILES string of the molecule is O=C(O)c1ccc2c(n1)C1(CC=C2)Cc2ccccc2O1. The Kier molecular flexibility index (Phi) is 2.42. The van der Waals surface area contributed by atoms with Gasteiger partial charge in [-0.1, -0.05) is 36.4 Å².